The molecule has 0 aromatic heterocycles. The van der Waals surface area contributed by atoms with E-state index in [1.807, 2.05) is 19.1 Å². The normalized spacial score (nSPS) is 10.2. The van der Waals surface area contributed by atoms with Gasteiger partial charge in [-0.3, -0.25) is 0 Å². The molecule has 0 saturated carbocycles. The molecule has 0 unspecified atom stereocenters. The smallest absolute Gasteiger partial charge is 0.317 e. The number of hydrogen-bond donors (Lipinski definition) is 2. The van der Waals surface area contributed by atoms with Gasteiger partial charge in [0.2, 0.25) is 0 Å². The summed E-state index contributed by atoms with van der Waals surface area (Å²) in [6.07, 6.45) is 0.709. The van der Waals surface area contributed by atoms with Gasteiger partial charge in [0, 0.05) is 25.2 Å². The first kappa shape index (κ1) is 16.6. The zero-order chi connectivity index (χ0) is 15.0. The number of carbonyl (C=O) groups excluding carboxylic acids is 1. The van der Waals surface area contributed by atoms with Crippen molar-refractivity contribution in [2.75, 3.05) is 33.4 Å². The number of hydrogen-bond acceptors (Lipinski definition) is 3. The van der Waals surface area contributed by atoms with E-state index in [4.69, 9.17) is 21.4 Å². The van der Waals surface area contributed by atoms with Crippen LogP contribution < -0.4 is 10.1 Å². The monoisotopic (exact) mass is 300 g/mol. The molecule has 2 N–H and O–H groups in total. The Morgan fingerprint density at radius 1 is 1.50 bits per heavy atom. The van der Waals surface area contributed by atoms with Crippen LogP contribution in [0.15, 0.2) is 18.2 Å². The molecule has 0 aliphatic carbocycles. The van der Waals surface area contributed by atoms with Crippen molar-refractivity contribution < 1.29 is 14.6 Å². The lowest BCUT2D eigenvalue weighted by Gasteiger charge is -2.16. The molecule has 1 rings (SSSR count). The highest BCUT2D eigenvalue weighted by Gasteiger charge is 2.06. The van der Waals surface area contributed by atoms with Crippen LogP contribution >= 0.6 is 11.6 Å². The van der Waals surface area contributed by atoms with Crippen molar-refractivity contribution in [2.24, 2.45) is 0 Å². The maximum atomic E-state index is 11.5. The lowest BCUT2D eigenvalue weighted by molar-refractivity contribution is 0.189. The molecule has 5 nitrogen and oxygen atoms in total. The predicted octanol–water partition coefficient (Wildman–Crippen LogP) is 2.05. The maximum absolute atomic E-state index is 11.5. The number of ether oxygens (including phenoxy) is 1. The Kier molecular flexibility index (Phi) is 7.18. The quantitative estimate of drug-likeness (QED) is 0.758. The van der Waals surface area contributed by atoms with E-state index < -0.39 is 0 Å². The second-order valence-electron chi connectivity index (χ2n) is 4.49. The van der Waals surface area contributed by atoms with Crippen LogP contribution in [-0.4, -0.2) is 49.4 Å². The van der Waals surface area contributed by atoms with Gasteiger partial charge in [-0.15, -0.1) is 0 Å². The molecule has 0 aliphatic rings. The van der Waals surface area contributed by atoms with Crippen LogP contribution in [0.25, 0.3) is 0 Å². The van der Waals surface area contributed by atoms with Crippen LogP contribution in [0.2, 0.25) is 5.02 Å². The number of likely N-dealkylation sites (N-methyl/N-ethyl adjacent to an activating group) is 1. The zero-order valence-corrected chi connectivity index (χ0v) is 12.6. The van der Waals surface area contributed by atoms with Crippen molar-refractivity contribution >= 4 is 17.6 Å². The van der Waals surface area contributed by atoms with E-state index in [-0.39, 0.29) is 12.6 Å². The minimum Gasteiger partial charge on any atom is -0.493 e. The fraction of sp³-hybridized carbons (Fsp3) is 0.500. The summed E-state index contributed by atoms with van der Waals surface area (Å²) in [7, 11) is 1.64. The minimum atomic E-state index is -0.193. The summed E-state index contributed by atoms with van der Waals surface area (Å²) in [5.74, 6) is 0.804. The van der Waals surface area contributed by atoms with Gasteiger partial charge in [0.05, 0.1) is 13.2 Å². The number of amides is 2. The first-order valence-corrected chi connectivity index (χ1v) is 6.91. The third kappa shape index (κ3) is 5.67. The first-order valence-electron chi connectivity index (χ1n) is 6.53. The van der Waals surface area contributed by atoms with E-state index in [1.54, 1.807) is 13.1 Å². The molecule has 0 saturated heterocycles. The molecule has 1 aromatic rings. The number of benzene rings is 1. The Bertz CT molecular complexity index is 440. The van der Waals surface area contributed by atoms with Crippen molar-refractivity contribution in [1.82, 2.24) is 10.2 Å². The number of carbonyl (C=O) groups is 1. The van der Waals surface area contributed by atoms with Crippen molar-refractivity contribution in [1.29, 1.82) is 0 Å². The lowest BCUT2D eigenvalue weighted by atomic mass is 10.2. The molecule has 1 aromatic carbocycles. The first-order chi connectivity index (χ1) is 9.54. The summed E-state index contributed by atoms with van der Waals surface area (Å²) in [6.45, 7) is 3.27. The Labute approximate surface area is 124 Å². The Morgan fingerprint density at radius 2 is 2.25 bits per heavy atom. The van der Waals surface area contributed by atoms with Crippen molar-refractivity contribution in [3.8, 4) is 5.75 Å². The van der Waals surface area contributed by atoms with Crippen molar-refractivity contribution in [2.45, 2.75) is 13.3 Å². The second kappa shape index (κ2) is 8.66. The van der Waals surface area contributed by atoms with Gasteiger partial charge >= 0.3 is 6.03 Å². The lowest BCUT2D eigenvalue weighted by Crippen LogP contribution is -2.39. The van der Waals surface area contributed by atoms with E-state index in [2.05, 4.69) is 5.32 Å². The molecule has 6 heteroatoms. The molecule has 112 valence electrons. The van der Waals surface area contributed by atoms with E-state index in [9.17, 15) is 4.79 Å². The van der Waals surface area contributed by atoms with Gasteiger partial charge < -0.3 is 20.1 Å². The number of urea groups is 1. The van der Waals surface area contributed by atoms with E-state index >= 15 is 0 Å². The van der Waals surface area contributed by atoms with Gasteiger partial charge in [-0.1, -0.05) is 11.6 Å². The van der Waals surface area contributed by atoms with E-state index in [0.29, 0.717) is 31.1 Å². The van der Waals surface area contributed by atoms with Crippen LogP contribution in [0.4, 0.5) is 4.79 Å². The van der Waals surface area contributed by atoms with Crippen LogP contribution in [-0.2, 0) is 0 Å². The fourth-order valence-electron chi connectivity index (χ4n) is 1.61. The van der Waals surface area contributed by atoms with Gasteiger partial charge in [0.15, 0.2) is 0 Å². The molecule has 0 bridgehead atoms. The highest BCUT2D eigenvalue weighted by Crippen LogP contribution is 2.21. The van der Waals surface area contributed by atoms with Gasteiger partial charge in [-0.05, 0) is 37.1 Å². The number of aliphatic hydroxyl groups is 1. The molecule has 2 amide bonds. The summed E-state index contributed by atoms with van der Waals surface area (Å²) in [6, 6.07) is 5.28. The molecular formula is C14H21ClN2O3. The minimum absolute atomic E-state index is 0.0388. The van der Waals surface area contributed by atoms with Gasteiger partial charge in [0.25, 0.3) is 0 Å². The van der Waals surface area contributed by atoms with Crippen LogP contribution in [0.1, 0.15) is 12.0 Å². The van der Waals surface area contributed by atoms with Crippen LogP contribution in [0.3, 0.4) is 0 Å². The SMILES string of the molecule is Cc1cc(Cl)ccc1OCCCNC(=O)N(C)CCO. The third-order valence-corrected chi connectivity index (χ3v) is 3.01. The zero-order valence-electron chi connectivity index (χ0n) is 11.9. The molecule has 0 aliphatic heterocycles. The molecule has 0 heterocycles. The van der Waals surface area contributed by atoms with E-state index in [0.717, 1.165) is 11.3 Å². The Hall–Kier alpha value is -1.46. The standard InChI is InChI=1S/C14H21ClN2O3/c1-11-10-12(15)4-5-13(11)20-9-3-6-16-14(19)17(2)7-8-18/h4-5,10,18H,3,6-9H2,1-2H3,(H,16,19). The number of nitrogens with one attached hydrogen (secondary N) is 1. The summed E-state index contributed by atoms with van der Waals surface area (Å²) in [5.41, 5.74) is 0.990. The predicted molar refractivity (Wildman–Crippen MR) is 79.4 cm³/mol. The van der Waals surface area contributed by atoms with Gasteiger partial charge in [-0.2, -0.15) is 0 Å². The highest BCUT2D eigenvalue weighted by molar-refractivity contribution is 6.30. The van der Waals surface area contributed by atoms with Gasteiger partial charge in [0.1, 0.15) is 5.75 Å². The fourth-order valence-corrected chi connectivity index (χ4v) is 1.84. The maximum Gasteiger partial charge on any atom is 0.317 e. The Morgan fingerprint density at radius 3 is 2.90 bits per heavy atom. The highest BCUT2D eigenvalue weighted by atomic mass is 35.5. The van der Waals surface area contributed by atoms with Crippen molar-refractivity contribution in [3.63, 3.8) is 0 Å². The number of halogens is 1. The molecular weight excluding hydrogens is 280 g/mol. The third-order valence-electron chi connectivity index (χ3n) is 2.77. The summed E-state index contributed by atoms with van der Waals surface area (Å²) >= 11 is 5.87. The molecule has 0 radical (unpaired) electrons. The number of aryl methyl sites for hydroxylation is 1. The average Bonchev–Trinajstić information content (AvgIpc) is 2.40. The second-order valence-corrected chi connectivity index (χ2v) is 4.93. The molecule has 20 heavy (non-hydrogen) atoms. The summed E-state index contributed by atoms with van der Waals surface area (Å²) in [4.78, 5) is 12.9. The average molecular weight is 301 g/mol. The van der Waals surface area contributed by atoms with Crippen LogP contribution in [0.5, 0.6) is 5.75 Å². The topological polar surface area (TPSA) is 61.8 Å². The molecule has 0 fully saturated rings. The van der Waals surface area contributed by atoms with Crippen LogP contribution in [0, 0.1) is 6.92 Å². The number of rotatable bonds is 7. The number of aliphatic hydroxyl groups excluding tert-OH is 1. The summed E-state index contributed by atoms with van der Waals surface area (Å²) < 4.78 is 5.62. The molecule has 0 spiro atoms. The van der Waals surface area contributed by atoms with Crippen molar-refractivity contribution in [3.05, 3.63) is 28.8 Å². The Balaban J connectivity index is 2.20. The van der Waals surface area contributed by atoms with E-state index in [1.165, 1.54) is 4.90 Å². The summed E-state index contributed by atoms with van der Waals surface area (Å²) in [5, 5.41) is 12.2. The van der Waals surface area contributed by atoms with Gasteiger partial charge in [-0.25, -0.2) is 4.79 Å². The molecule has 0 atom stereocenters. The largest absolute Gasteiger partial charge is 0.493 e. The number of nitrogens with zero attached hydrogens (tertiary/aromatic N) is 1.